The van der Waals surface area contributed by atoms with Crippen molar-refractivity contribution in [1.82, 2.24) is 4.72 Å². The summed E-state index contributed by atoms with van der Waals surface area (Å²) in [6, 6.07) is 12.3. The van der Waals surface area contributed by atoms with Gasteiger partial charge in [0.25, 0.3) is 0 Å². The molecule has 0 aliphatic carbocycles. The highest BCUT2D eigenvalue weighted by molar-refractivity contribution is 7.89. The van der Waals surface area contributed by atoms with Crippen molar-refractivity contribution < 1.29 is 18.1 Å². The van der Waals surface area contributed by atoms with Crippen molar-refractivity contribution in [1.29, 1.82) is 0 Å². The van der Waals surface area contributed by atoms with Gasteiger partial charge in [-0.1, -0.05) is 6.07 Å². The second-order valence-electron chi connectivity index (χ2n) is 7.15. The van der Waals surface area contributed by atoms with Crippen molar-refractivity contribution in [2.45, 2.75) is 25.9 Å². The van der Waals surface area contributed by atoms with E-state index in [0.29, 0.717) is 0 Å². The van der Waals surface area contributed by atoms with Gasteiger partial charge < -0.3 is 14.5 Å². The number of thiophene rings is 1. The van der Waals surface area contributed by atoms with Gasteiger partial charge in [0.15, 0.2) is 0 Å². The lowest BCUT2D eigenvalue weighted by Crippen LogP contribution is -3.16. The normalized spacial score (nSPS) is 18.0. The Balaban J connectivity index is 1.70. The van der Waals surface area contributed by atoms with E-state index in [1.54, 1.807) is 25.4 Å². The number of sulfonamides is 1. The first-order valence-electron chi connectivity index (χ1n) is 9.70. The molecule has 28 heavy (non-hydrogen) atoms. The third-order valence-corrected chi connectivity index (χ3v) is 7.82. The van der Waals surface area contributed by atoms with Crippen LogP contribution in [0.1, 0.15) is 24.8 Å². The lowest BCUT2D eigenvalue weighted by Gasteiger charge is -2.39. The zero-order valence-corrected chi connectivity index (χ0v) is 18.4. The second kappa shape index (κ2) is 9.26. The van der Waals surface area contributed by atoms with E-state index in [9.17, 15) is 8.42 Å². The first-order chi connectivity index (χ1) is 13.4. The van der Waals surface area contributed by atoms with Crippen LogP contribution >= 0.6 is 11.3 Å². The van der Waals surface area contributed by atoms with Crippen LogP contribution in [0.15, 0.2) is 41.8 Å². The summed E-state index contributed by atoms with van der Waals surface area (Å²) in [4.78, 5) is 5.05. The molecule has 1 aliphatic heterocycles. The van der Waals surface area contributed by atoms with E-state index < -0.39 is 10.0 Å². The summed E-state index contributed by atoms with van der Waals surface area (Å²) in [6.45, 7) is 7.48. The van der Waals surface area contributed by atoms with Crippen LogP contribution in [0.2, 0.25) is 0 Å². The minimum Gasteiger partial charge on any atom is -0.497 e. The van der Waals surface area contributed by atoms with Crippen LogP contribution in [0.3, 0.4) is 0 Å². The molecule has 1 saturated heterocycles. The van der Waals surface area contributed by atoms with Crippen LogP contribution in [-0.2, 0) is 10.0 Å². The number of ether oxygens (including phenoxy) is 1. The van der Waals surface area contributed by atoms with Crippen molar-refractivity contribution >= 4 is 27.0 Å². The molecule has 1 aliphatic rings. The van der Waals surface area contributed by atoms with Crippen LogP contribution in [-0.4, -0.2) is 53.5 Å². The maximum absolute atomic E-state index is 12.1. The van der Waals surface area contributed by atoms with Gasteiger partial charge in [0, 0.05) is 5.69 Å². The number of rotatable bonds is 8. The SMILES string of the molecule is CCS(=O)(=O)N[C@@H](C)[C@@H](c1cccs1)[NH+]1CCN(c2ccc(OC)cc2)CC1. The number of benzene rings is 1. The van der Waals surface area contributed by atoms with Crippen molar-refractivity contribution in [2.75, 3.05) is 43.9 Å². The summed E-state index contributed by atoms with van der Waals surface area (Å²) in [6.07, 6.45) is 0. The Morgan fingerprint density at radius 1 is 1.21 bits per heavy atom. The van der Waals surface area contributed by atoms with Crippen molar-refractivity contribution in [3.05, 3.63) is 46.7 Å². The second-order valence-corrected chi connectivity index (χ2v) is 10.2. The molecular weight excluding hydrogens is 394 g/mol. The average molecular weight is 425 g/mol. The maximum Gasteiger partial charge on any atom is 0.211 e. The molecule has 2 aromatic rings. The number of hydrogen-bond donors (Lipinski definition) is 2. The van der Waals surface area contributed by atoms with Crippen molar-refractivity contribution in [3.8, 4) is 5.75 Å². The number of nitrogens with zero attached hydrogens (tertiary/aromatic N) is 1. The molecule has 0 unspecified atom stereocenters. The Morgan fingerprint density at radius 3 is 2.43 bits per heavy atom. The molecule has 2 N–H and O–H groups in total. The first kappa shape index (κ1) is 21.1. The quantitative estimate of drug-likeness (QED) is 0.675. The van der Waals surface area contributed by atoms with Gasteiger partial charge in [-0.3, -0.25) is 0 Å². The lowest BCUT2D eigenvalue weighted by atomic mass is 10.1. The third-order valence-electron chi connectivity index (χ3n) is 5.38. The molecule has 1 aromatic heterocycles. The molecule has 1 fully saturated rings. The van der Waals surface area contributed by atoms with Gasteiger partial charge in [-0.05, 0) is 49.6 Å². The van der Waals surface area contributed by atoms with E-state index in [1.165, 1.54) is 15.5 Å². The average Bonchev–Trinajstić information content (AvgIpc) is 3.22. The Labute approximate surface area is 172 Å². The zero-order valence-electron chi connectivity index (χ0n) is 16.7. The summed E-state index contributed by atoms with van der Waals surface area (Å²) in [5.74, 6) is 0.970. The summed E-state index contributed by atoms with van der Waals surface area (Å²) >= 11 is 1.70. The number of quaternary nitrogens is 1. The highest BCUT2D eigenvalue weighted by Crippen LogP contribution is 2.22. The van der Waals surface area contributed by atoms with Crippen LogP contribution in [0, 0.1) is 0 Å². The van der Waals surface area contributed by atoms with Gasteiger partial charge in [-0.15, -0.1) is 11.3 Å². The number of anilines is 1. The molecule has 0 saturated carbocycles. The van der Waals surface area contributed by atoms with Gasteiger partial charge in [-0.2, -0.15) is 0 Å². The summed E-state index contributed by atoms with van der Waals surface area (Å²) in [5, 5.41) is 2.07. The molecular formula is C20H30N3O3S2+. The Bertz CT molecular complexity index is 830. The lowest BCUT2D eigenvalue weighted by molar-refractivity contribution is -0.933. The fourth-order valence-corrected chi connectivity index (χ4v) is 5.72. The minimum atomic E-state index is -3.23. The molecule has 0 amide bonds. The van der Waals surface area contributed by atoms with Crippen molar-refractivity contribution in [2.24, 2.45) is 0 Å². The highest BCUT2D eigenvalue weighted by atomic mass is 32.2. The predicted molar refractivity (Wildman–Crippen MR) is 115 cm³/mol. The maximum atomic E-state index is 12.1. The topological polar surface area (TPSA) is 63.1 Å². The molecule has 0 spiro atoms. The summed E-state index contributed by atoms with van der Waals surface area (Å²) < 4.78 is 32.4. The monoisotopic (exact) mass is 424 g/mol. The fourth-order valence-electron chi connectivity index (χ4n) is 3.86. The van der Waals surface area contributed by atoms with E-state index >= 15 is 0 Å². The number of hydrogen-bond acceptors (Lipinski definition) is 5. The molecule has 3 rings (SSSR count). The van der Waals surface area contributed by atoms with Gasteiger partial charge in [0.1, 0.15) is 11.8 Å². The first-order valence-corrected chi connectivity index (χ1v) is 12.2. The van der Waals surface area contributed by atoms with Crippen LogP contribution in [0.25, 0.3) is 0 Å². The van der Waals surface area contributed by atoms with E-state index in [1.807, 2.05) is 25.1 Å². The zero-order chi connectivity index (χ0) is 20.1. The highest BCUT2D eigenvalue weighted by Gasteiger charge is 2.35. The number of methoxy groups -OCH3 is 1. The largest absolute Gasteiger partial charge is 0.497 e. The minimum absolute atomic E-state index is 0.106. The van der Waals surface area contributed by atoms with Crippen LogP contribution in [0.4, 0.5) is 5.69 Å². The third kappa shape index (κ3) is 5.05. The summed E-state index contributed by atoms with van der Waals surface area (Å²) in [7, 11) is -1.56. The smallest absolute Gasteiger partial charge is 0.211 e. The standard InChI is InChI=1S/C20H29N3O3S2/c1-4-28(24,25)21-16(2)20(19-6-5-15-27-19)23-13-11-22(12-14-23)17-7-9-18(26-3)10-8-17/h5-10,15-16,20-21H,4,11-14H2,1-3H3/p+1/t16-,20-/m0/s1. The molecule has 1 aromatic carbocycles. The molecule has 0 bridgehead atoms. The molecule has 2 heterocycles. The molecule has 6 nitrogen and oxygen atoms in total. The Morgan fingerprint density at radius 2 is 1.89 bits per heavy atom. The Kier molecular flexibility index (Phi) is 6.98. The van der Waals surface area contributed by atoms with E-state index in [-0.39, 0.29) is 17.8 Å². The van der Waals surface area contributed by atoms with Crippen LogP contribution < -0.4 is 19.3 Å². The van der Waals surface area contributed by atoms with Gasteiger partial charge >= 0.3 is 0 Å². The number of piperazine rings is 1. The summed E-state index contributed by atoms with van der Waals surface area (Å²) in [5.41, 5.74) is 1.20. The van der Waals surface area contributed by atoms with E-state index in [0.717, 1.165) is 31.9 Å². The van der Waals surface area contributed by atoms with Gasteiger partial charge in [0.2, 0.25) is 10.0 Å². The van der Waals surface area contributed by atoms with Gasteiger partial charge in [-0.25, -0.2) is 13.1 Å². The van der Waals surface area contributed by atoms with E-state index in [4.69, 9.17) is 4.74 Å². The molecule has 154 valence electrons. The fraction of sp³-hybridized carbons (Fsp3) is 0.500. The number of nitrogens with one attached hydrogen (secondary N) is 2. The Hall–Kier alpha value is -1.61. The van der Waals surface area contributed by atoms with Crippen LogP contribution in [0.5, 0.6) is 5.75 Å². The predicted octanol–water partition coefficient (Wildman–Crippen LogP) is 1.53. The van der Waals surface area contributed by atoms with Gasteiger partial charge in [0.05, 0.1) is 50.0 Å². The van der Waals surface area contributed by atoms with E-state index in [2.05, 4.69) is 33.2 Å². The molecule has 2 atom stereocenters. The van der Waals surface area contributed by atoms with Crippen molar-refractivity contribution in [3.63, 3.8) is 0 Å². The molecule has 8 heteroatoms. The molecule has 0 radical (unpaired) electrons.